The van der Waals surface area contributed by atoms with E-state index in [0.29, 0.717) is 0 Å². The summed E-state index contributed by atoms with van der Waals surface area (Å²) in [4.78, 5) is 4.94. The summed E-state index contributed by atoms with van der Waals surface area (Å²) < 4.78 is 7.19. The van der Waals surface area contributed by atoms with Gasteiger partial charge in [-0.25, -0.2) is 9.67 Å². The first-order chi connectivity index (χ1) is 16.8. The number of rotatable bonds is 7. The number of hydrogen-bond acceptors (Lipinski definition) is 4. The van der Waals surface area contributed by atoms with Crippen LogP contribution in [0.2, 0.25) is 0 Å². The highest BCUT2D eigenvalue weighted by Crippen LogP contribution is 2.39. The first-order valence-corrected chi connectivity index (χ1v) is 11.1. The van der Waals surface area contributed by atoms with Gasteiger partial charge in [0.25, 0.3) is 0 Å². The van der Waals surface area contributed by atoms with Gasteiger partial charge in [-0.05, 0) is 54.1 Å². The lowest BCUT2D eigenvalue weighted by molar-refractivity contribution is 0.415. The van der Waals surface area contributed by atoms with Crippen LogP contribution in [-0.4, -0.2) is 23.1 Å². The lowest BCUT2D eigenvalue weighted by atomic mass is 10.1. The molecule has 1 heterocycles. The fourth-order valence-electron chi connectivity index (χ4n) is 3.68. The molecule has 0 radical (unpaired) electrons. The maximum absolute atomic E-state index is 5.28. The molecule has 0 saturated carbocycles. The smallest absolute Gasteiger partial charge is 0.160 e. The maximum Gasteiger partial charge on any atom is 0.160 e. The average Bonchev–Trinajstić information content (AvgIpc) is 3.27. The van der Waals surface area contributed by atoms with E-state index >= 15 is 0 Å². The van der Waals surface area contributed by atoms with Crippen LogP contribution >= 0.6 is 0 Å². The van der Waals surface area contributed by atoms with Crippen LogP contribution in [0.4, 0.5) is 17.2 Å². The first kappa shape index (κ1) is 21.2. The van der Waals surface area contributed by atoms with Gasteiger partial charge < -0.3 is 10.1 Å². The average molecular weight is 445 g/mol. The second-order valence-electron chi connectivity index (χ2n) is 7.68. The van der Waals surface area contributed by atoms with Crippen LogP contribution in [0.25, 0.3) is 16.9 Å². The molecule has 0 aliphatic rings. The van der Waals surface area contributed by atoms with Gasteiger partial charge in [0.15, 0.2) is 5.82 Å². The van der Waals surface area contributed by atoms with E-state index < -0.39 is 0 Å². The number of methoxy groups -OCH3 is 1. The Bertz CT molecular complexity index is 1380. The topological polar surface area (TPSA) is 51.4 Å². The van der Waals surface area contributed by atoms with E-state index in [0.717, 1.165) is 45.5 Å². The number of hydrogen-bond donors (Lipinski definition) is 1. The zero-order valence-electron chi connectivity index (χ0n) is 18.8. The summed E-state index contributed by atoms with van der Waals surface area (Å²) in [7, 11) is 1.66. The van der Waals surface area contributed by atoms with Crippen molar-refractivity contribution in [2.45, 2.75) is 0 Å². The predicted molar refractivity (Wildman–Crippen MR) is 139 cm³/mol. The van der Waals surface area contributed by atoms with Crippen molar-refractivity contribution in [2.24, 2.45) is 4.99 Å². The minimum atomic E-state index is 0.759. The normalized spacial score (nSPS) is 11.0. The maximum atomic E-state index is 5.28. The molecule has 34 heavy (non-hydrogen) atoms. The quantitative estimate of drug-likeness (QED) is 0.274. The van der Waals surface area contributed by atoms with Crippen molar-refractivity contribution < 1.29 is 4.74 Å². The van der Waals surface area contributed by atoms with E-state index in [4.69, 9.17) is 14.8 Å². The van der Waals surface area contributed by atoms with Crippen LogP contribution in [0.3, 0.4) is 0 Å². The van der Waals surface area contributed by atoms with Crippen LogP contribution in [-0.2, 0) is 0 Å². The molecule has 0 saturated heterocycles. The highest BCUT2D eigenvalue weighted by atomic mass is 16.5. The van der Waals surface area contributed by atoms with E-state index in [-0.39, 0.29) is 0 Å². The third kappa shape index (κ3) is 4.59. The number of nitrogens with one attached hydrogen (secondary N) is 1. The van der Waals surface area contributed by atoms with E-state index in [1.807, 2.05) is 114 Å². The fourth-order valence-corrected chi connectivity index (χ4v) is 3.68. The largest absolute Gasteiger partial charge is 0.497 e. The van der Waals surface area contributed by atoms with Gasteiger partial charge in [0.05, 0.1) is 12.8 Å². The molecular formula is C29H24N4O. The summed E-state index contributed by atoms with van der Waals surface area (Å²) in [6, 6.07) is 38.1. The molecule has 0 spiro atoms. The first-order valence-electron chi connectivity index (χ1n) is 11.1. The number of para-hydroxylation sites is 2. The Kier molecular flexibility index (Phi) is 6.16. The lowest BCUT2D eigenvalue weighted by Crippen LogP contribution is -2.02. The van der Waals surface area contributed by atoms with Crippen molar-refractivity contribution in [1.82, 2.24) is 9.78 Å². The Morgan fingerprint density at radius 3 is 2.03 bits per heavy atom. The molecule has 0 fully saturated rings. The lowest BCUT2D eigenvalue weighted by Gasteiger charge is -2.11. The van der Waals surface area contributed by atoms with E-state index in [9.17, 15) is 0 Å². The van der Waals surface area contributed by atoms with Gasteiger partial charge in [-0.15, -0.1) is 0 Å². The minimum absolute atomic E-state index is 0.759. The SMILES string of the molecule is COc1ccc(C=Nc2c(-c3ccccc3)nn(-c3ccccc3)c2Nc2ccccc2)cc1. The highest BCUT2D eigenvalue weighted by molar-refractivity contribution is 5.90. The number of benzene rings is 4. The van der Waals surface area contributed by atoms with Crippen molar-refractivity contribution in [3.63, 3.8) is 0 Å². The second kappa shape index (κ2) is 9.88. The van der Waals surface area contributed by atoms with Crippen LogP contribution < -0.4 is 10.1 Å². The Balaban J connectivity index is 1.68. The Morgan fingerprint density at radius 2 is 1.38 bits per heavy atom. The summed E-state index contributed by atoms with van der Waals surface area (Å²) in [5, 5.41) is 8.56. The molecule has 0 amide bonds. The summed E-state index contributed by atoms with van der Waals surface area (Å²) in [6.07, 6.45) is 1.86. The zero-order chi connectivity index (χ0) is 23.2. The molecular weight excluding hydrogens is 420 g/mol. The molecule has 5 rings (SSSR count). The molecule has 1 N–H and O–H groups in total. The molecule has 5 aromatic rings. The molecule has 1 aromatic heterocycles. The molecule has 0 aliphatic heterocycles. The molecule has 0 atom stereocenters. The van der Waals surface area contributed by atoms with Crippen molar-refractivity contribution in [2.75, 3.05) is 12.4 Å². The molecule has 166 valence electrons. The molecule has 5 heteroatoms. The van der Waals surface area contributed by atoms with Gasteiger partial charge >= 0.3 is 0 Å². The van der Waals surface area contributed by atoms with E-state index in [1.165, 1.54) is 0 Å². The van der Waals surface area contributed by atoms with Crippen LogP contribution in [0, 0.1) is 0 Å². The molecule has 0 aliphatic carbocycles. The third-order valence-corrected chi connectivity index (χ3v) is 5.40. The summed E-state index contributed by atoms with van der Waals surface area (Å²) in [5.74, 6) is 1.60. The van der Waals surface area contributed by atoms with Crippen LogP contribution in [0.15, 0.2) is 120 Å². The number of aromatic nitrogens is 2. The summed E-state index contributed by atoms with van der Waals surface area (Å²) >= 11 is 0. The third-order valence-electron chi connectivity index (χ3n) is 5.40. The highest BCUT2D eigenvalue weighted by Gasteiger charge is 2.20. The number of ether oxygens (including phenoxy) is 1. The Morgan fingerprint density at radius 1 is 0.765 bits per heavy atom. The van der Waals surface area contributed by atoms with Crippen LogP contribution in [0.5, 0.6) is 5.75 Å². The summed E-state index contributed by atoms with van der Waals surface area (Å²) in [5.41, 5.74) is 5.43. The van der Waals surface area contributed by atoms with Crippen molar-refractivity contribution in [3.8, 4) is 22.7 Å². The molecule has 4 aromatic carbocycles. The molecule has 0 unspecified atom stereocenters. The van der Waals surface area contributed by atoms with Gasteiger partial charge in [0.1, 0.15) is 17.1 Å². The minimum Gasteiger partial charge on any atom is -0.497 e. The Hall–Kier alpha value is -4.64. The van der Waals surface area contributed by atoms with Crippen molar-refractivity contribution in [1.29, 1.82) is 0 Å². The predicted octanol–water partition coefficient (Wildman–Crippen LogP) is 7.04. The molecule has 5 nitrogen and oxygen atoms in total. The molecule has 0 bridgehead atoms. The van der Waals surface area contributed by atoms with Gasteiger partial charge in [-0.1, -0.05) is 66.7 Å². The fraction of sp³-hybridized carbons (Fsp3) is 0.0345. The second-order valence-corrected chi connectivity index (χ2v) is 7.68. The standard InChI is InChI=1S/C29H24N4O/c1-34-26-19-17-22(18-20-26)21-30-28-27(23-11-5-2-6-12-23)32-33(25-15-9-4-10-16-25)29(28)31-24-13-7-3-8-14-24/h2-21,31H,1H3. The van der Waals surface area contributed by atoms with Gasteiger partial charge in [-0.3, -0.25) is 0 Å². The van der Waals surface area contributed by atoms with Gasteiger partial charge in [0, 0.05) is 17.5 Å². The number of nitrogens with zero attached hydrogens (tertiary/aromatic N) is 3. The van der Waals surface area contributed by atoms with Crippen molar-refractivity contribution >= 4 is 23.4 Å². The Labute approximate surface area is 199 Å². The number of anilines is 2. The zero-order valence-corrected chi connectivity index (χ0v) is 18.8. The van der Waals surface area contributed by atoms with Gasteiger partial charge in [0.2, 0.25) is 0 Å². The monoisotopic (exact) mass is 444 g/mol. The van der Waals surface area contributed by atoms with Crippen molar-refractivity contribution in [3.05, 3.63) is 121 Å². The van der Waals surface area contributed by atoms with Crippen LogP contribution in [0.1, 0.15) is 5.56 Å². The van der Waals surface area contributed by atoms with E-state index in [1.54, 1.807) is 7.11 Å². The number of aliphatic imine (C=N–C) groups is 1. The van der Waals surface area contributed by atoms with E-state index in [2.05, 4.69) is 17.4 Å². The van der Waals surface area contributed by atoms with Gasteiger partial charge in [-0.2, -0.15) is 5.10 Å². The summed E-state index contributed by atoms with van der Waals surface area (Å²) in [6.45, 7) is 0.